The number of aromatic nitrogens is 2. The van der Waals surface area contributed by atoms with Crippen LogP contribution < -0.4 is 5.32 Å². The lowest BCUT2D eigenvalue weighted by atomic mass is 10.3. The Hall–Kier alpha value is -2.18. The van der Waals surface area contributed by atoms with E-state index >= 15 is 0 Å². The molecule has 1 rings (SSSR count). The quantitative estimate of drug-likeness (QED) is 0.572. The average Bonchev–Trinajstić information content (AvgIpc) is 2.32. The first kappa shape index (κ1) is 13.9. The highest BCUT2D eigenvalue weighted by molar-refractivity contribution is 5.85. The summed E-state index contributed by atoms with van der Waals surface area (Å²) in [7, 11) is 1.26. The molecule has 1 heterocycles. The molecule has 0 saturated heterocycles. The van der Waals surface area contributed by atoms with Gasteiger partial charge in [-0.3, -0.25) is 4.79 Å². The fourth-order valence-corrected chi connectivity index (χ4v) is 1.30. The fourth-order valence-electron chi connectivity index (χ4n) is 1.30. The Kier molecular flexibility index (Phi) is 5.04. The Labute approximate surface area is 104 Å². The second kappa shape index (κ2) is 6.53. The Morgan fingerprint density at radius 3 is 2.78 bits per heavy atom. The van der Waals surface area contributed by atoms with E-state index in [2.05, 4.69) is 20.0 Å². The second-order valence-electron chi connectivity index (χ2n) is 3.63. The van der Waals surface area contributed by atoms with E-state index in [1.165, 1.54) is 7.11 Å². The van der Waals surface area contributed by atoms with Crippen molar-refractivity contribution in [3.05, 3.63) is 17.6 Å². The van der Waals surface area contributed by atoms with Gasteiger partial charge in [-0.25, -0.2) is 14.8 Å². The lowest BCUT2D eigenvalue weighted by Crippen LogP contribution is -2.12. The standard InChI is InChI=1S/C11H15N3O4/c1-7-6-8(12-5-3-4-9(15)16)14-10(13-7)11(17)18-2/h6H,3-5H2,1-2H3,(H,15,16)(H,12,13,14). The number of carbonyl (C=O) groups excluding carboxylic acids is 1. The third kappa shape index (κ3) is 4.36. The summed E-state index contributed by atoms with van der Waals surface area (Å²) in [5.41, 5.74) is 0.631. The van der Waals surface area contributed by atoms with Crippen molar-refractivity contribution in [2.24, 2.45) is 0 Å². The van der Waals surface area contributed by atoms with Crippen LogP contribution in [0.2, 0.25) is 0 Å². The fraction of sp³-hybridized carbons (Fsp3) is 0.455. The molecule has 0 aromatic carbocycles. The zero-order valence-electron chi connectivity index (χ0n) is 10.3. The highest BCUT2D eigenvalue weighted by Crippen LogP contribution is 2.07. The van der Waals surface area contributed by atoms with Crippen LogP contribution in [0.5, 0.6) is 0 Å². The first-order valence-corrected chi connectivity index (χ1v) is 5.42. The van der Waals surface area contributed by atoms with Crippen molar-refractivity contribution in [2.75, 3.05) is 19.0 Å². The number of carbonyl (C=O) groups is 2. The van der Waals surface area contributed by atoms with Gasteiger partial charge in [-0.15, -0.1) is 0 Å². The van der Waals surface area contributed by atoms with E-state index in [9.17, 15) is 9.59 Å². The van der Waals surface area contributed by atoms with E-state index in [0.717, 1.165) is 0 Å². The summed E-state index contributed by atoms with van der Waals surface area (Å²) in [5, 5.41) is 11.4. The second-order valence-corrected chi connectivity index (χ2v) is 3.63. The van der Waals surface area contributed by atoms with Crippen LogP contribution in [0.25, 0.3) is 0 Å². The monoisotopic (exact) mass is 253 g/mol. The number of anilines is 1. The molecule has 0 unspecified atom stereocenters. The Morgan fingerprint density at radius 2 is 2.17 bits per heavy atom. The number of aliphatic carboxylic acids is 1. The number of rotatable bonds is 6. The maximum Gasteiger partial charge on any atom is 0.376 e. The van der Waals surface area contributed by atoms with E-state index in [4.69, 9.17) is 5.11 Å². The molecular weight excluding hydrogens is 238 g/mol. The summed E-state index contributed by atoms with van der Waals surface area (Å²) in [5.74, 6) is -0.982. The highest BCUT2D eigenvalue weighted by atomic mass is 16.5. The van der Waals surface area contributed by atoms with Crippen molar-refractivity contribution in [2.45, 2.75) is 19.8 Å². The third-order valence-electron chi connectivity index (χ3n) is 2.10. The maximum absolute atomic E-state index is 11.3. The van der Waals surface area contributed by atoms with E-state index < -0.39 is 11.9 Å². The number of nitrogens with zero attached hydrogens (tertiary/aromatic N) is 2. The van der Waals surface area contributed by atoms with Crippen LogP contribution in [0.3, 0.4) is 0 Å². The molecule has 0 saturated carbocycles. The number of hydrogen-bond donors (Lipinski definition) is 2. The van der Waals surface area contributed by atoms with E-state index in [1.54, 1.807) is 13.0 Å². The molecule has 0 aliphatic carbocycles. The average molecular weight is 253 g/mol. The SMILES string of the molecule is COC(=O)c1nc(C)cc(NCCCC(=O)O)n1. The molecule has 0 radical (unpaired) electrons. The molecule has 1 aromatic rings. The van der Waals surface area contributed by atoms with Gasteiger partial charge < -0.3 is 15.2 Å². The van der Waals surface area contributed by atoms with Crippen molar-refractivity contribution in [3.63, 3.8) is 0 Å². The molecule has 18 heavy (non-hydrogen) atoms. The Morgan fingerprint density at radius 1 is 1.44 bits per heavy atom. The van der Waals surface area contributed by atoms with Gasteiger partial charge in [0.25, 0.3) is 0 Å². The zero-order valence-corrected chi connectivity index (χ0v) is 10.3. The number of aryl methyl sites for hydroxylation is 1. The normalized spacial score (nSPS) is 9.89. The largest absolute Gasteiger partial charge is 0.481 e. The van der Waals surface area contributed by atoms with Crippen LogP contribution >= 0.6 is 0 Å². The first-order valence-electron chi connectivity index (χ1n) is 5.42. The van der Waals surface area contributed by atoms with Gasteiger partial charge in [0.1, 0.15) is 5.82 Å². The molecule has 0 bridgehead atoms. The molecule has 0 aliphatic rings. The Balaban J connectivity index is 2.63. The number of hydrogen-bond acceptors (Lipinski definition) is 6. The number of nitrogens with one attached hydrogen (secondary N) is 1. The number of methoxy groups -OCH3 is 1. The molecular formula is C11H15N3O4. The molecule has 7 nitrogen and oxygen atoms in total. The molecule has 1 aromatic heterocycles. The van der Waals surface area contributed by atoms with Gasteiger partial charge in [-0.1, -0.05) is 0 Å². The summed E-state index contributed by atoms with van der Waals surface area (Å²) in [6, 6.07) is 1.67. The molecule has 0 amide bonds. The molecule has 0 aliphatic heterocycles. The number of carboxylic acid groups (broad SMARTS) is 1. The van der Waals surface area contributed by atoms with Crippen molar-refractivity contribution in [1.29, 1.82) is 0 Å². The van der Waals surface area contributed by atoms with Gasteiger partial charge in [-0.2, -0.15) is 0 Å². The van der Waals surface area contributed by atoms with Crippen LogP contribution in [0, 0.1) is 6.92 Å². The van der Waals surface area contributed by atoms with Crippen molar-refractivity contribution in [1.82, 2.24) is 9.97 Å². The van der Waals surface area contributed by atoms with Crippen LogP contribution in [0.1, 0.15) is 29.2 Å². The van der Waals surface area contributed by atoms with Gasteiger partial charge in [-0.05, 0) is 13.3 Å². The number of esters is 1. The summed E-state index contributed by atoms with van der Waals surface area (Å²) in [4.78, 5) is 29.5. The molecule has 7 heteroatoms. The third-order valence-corrected chi connectivity index (χ3v) is 2.10. The summed E-state index contributed by atoms with van der Waals surface area (Å²) < 4.78 is 4.53. The van der Waals surface area contributed by atoms with E-state index in [1.807, 2.05) is 0 Å². The van der Waals surface area contributed by atoms with Gasteiger partial charge in [0, 0.05) is 24.7 Å². The lowest BCUT2D eigenvalue weighted by molar-refractivity contribution is -0.137. The molecule has 98 valence electrons. The first-order chi connectivity index (χ1) is 8.52. The van der Waals surface area contributed by atoms with Crippen molar-refractivity contribution in [3.8, 4) is 0 Å². The van der Waals surface area contributed by atoms with Gasteiger partial charge >= 0.3 is 11.9 Å². The summed E-state index contributed by atoms with van der Waals surface area (Å²) in [6.07, 6.45) is 0.562. The van der Waals surface area contributed by atoms with E-state index in [0.29, 0.717) is 24.5 Å². The lowest BCUT2D eigenvalue weighted by Gasteiger charge is -2.06. The number of ether oxygens (including phenoxy) is 1. The van der Waals surface area contributed by atoms with Crippen LogP contribution in [-0.4, -0.2) is 40.7 Å². The summed E-state index contributed by atoms with van der Waals surface area (Å²) in [6.45, 7) is 2.19. The summed E-state index contributed by atoms with van der Waals surface area (Å²) >= 11 is 0. The Bertz CT molecular complexity index is 448. The predicted molar refractivity (Wildman–Crippen MR) is 63.5 cm³/mol. The van der Waals surface area contributed by atoms with E-state index in [-0.39, 0.29) is 12.2 Å². The molecule has 0 spiro atoms. The van der Waals surface area contributed by atoms with Crippen molar-refractivity contribution >= 4 is 17.8 Å². The minimum Gasteiger partial charge on any atom is -0.481 e. The van der Waals surface area contributed by atoms with Gasteiger partial charge in [0.15, 0.2) is 0 Å². The van der Waals surface area contributed by atoms with Crippen LogP contribution in [0.4, 0.5) is 5.82 Å². The smallest absolute Gasteiger partial charge is 0.376 e. The molecule has 0 fully saturated rings. The van der Waals surface area contributed by atoms with Gasteiger partial charge in [0.2, 0.25) is 5.82 Å². The van der Waals surface area contributed by atoms with Crippen LogP contribution in [0.15, 0.2) is 6.07 Å². The topological polar surface area (TPSA) is 101 Å². The predicted octanol–water partition coefficient (Wildman–Crippen LogP) is 0.848. The highest BCUT2D eigenvalue weighted by Gasteiger charge is 2.11. The van der Waals surface area contributed by atoms with Gasteiger partial charge in [0.05, 0.1) is 7.11 Å². The molecule has 0 atom stereocenters. The minimum absolute atomic E-state index is 0.0155. The van der Waals surface area contributed by atoms with Crippen LogP contribution in [-0.2, 0) is 9.53 Å². The number of carboxylic acids is 1. The minimum atomic E-state index is -0.842. The maximum atomic E-state index is 11.3. The molecule has 2 N–H and O–H groups in total. The zero-order chi connectivity index (χ0) is 13.5. The van der Waals surface area contributed by atoms with Crippen molar-refractivity contribution < 1.29 is 19.4 Å².